The highest BCUT2D eigenvalue weighted by Gasteiger charge is 2.10. The van der Waals surface area contributed by atoms with Crippen LogP contribution in [0.4, 0.5) is 0 Å². The first-order valence-electron chi connectivity index (χ1n) is 5.20. The van der Waals surface area contributed by atoms with Crippen LogP contribution in [0.25, 0.3) is 0 Å². The lowest BCUT2D eigenvalue weighted by molar-refractivity contribution is -0.142. The molecule has 88 valence electrons. The lowest BCUT2D eigenvalue weighted by atomic mass is 10.2. The molecule has 0 spiro atoms. The van der Waals surface area contributed by atoms with Gasteiger partial charge in [0.15, 0.2) is 0 Å². The van der Waals surface area contributed by atoms with E-state index in [0.717, 1.165) is 5.56 Å². The molecule has 0 aliphatic heterocycles. The molecule has 1 aromatic rings. The summed E-state index contributed by atoms with van der Waals surface area (Å²) in [5.74, 6) is -0.288. The fourth-order valence-electron chi connectivity index (χ4n) is 1.44. The number of benzene rings is 1. The van der Waals surface area contributed by atoms with Crippen molar-refractivity contribution in [3.8, 4) is 0 Å². The minimum Gasteiger partial charge on any atom is -0.468 e. The van der Waals surface area contributed by atoms with Crippen LogP contribution in [0.3, 0.4) is 0 Å². The van der Waals surface area contributed by atoms with Crippen molar-refractivity contribution in [2.24, 2.45) is 0 Å². The van der Waals surface area contributed by atoms with E-state index in [9.17, 15) is 4.79 Å². The highest BCUT2D eigenvalue weighted by Crippen LogP contribution is 2.03. The molecule has 1 aromatic carbocycles. The fraction of sp³-hybridized carbons (Fsp3) is 0.417. The van der Waals surface area contributed by atoms with E-state index in [-0.39, 0.29) is 19.1 Å². The number of hydrogen-bond donors (Lipinski definition) is 1. The third-order valence-electron chi connectivity index (χ3n) is 2.25. The van der Waals surface area contributed by atoms with Crippen LogP contribution in [0, 0.1) is 0 Å². The van der Waals surface area contributed by atoms with Gasteiger partial charge >= 0.3 is 5.97 Å². The minimum absolute atomic E-state index is 0.0316. The zero-order valence-corrected chi connectivity index (χ0v) is 9.43. The van der Waals surface area contributed by atoms with E-state index in [1.54, 1.807) is 0 Å². The van der Waals surface area contributed by atoms with Crippen molar-refractivity contribution >= 4 is 5.97 Å². The second-order valence-corrected chi connectivity index (χ2v) is 3.50. The molecule has 0 amide bonds. The van der Waals surface area contributed by atoms with Gasteiger partial charge in [-0.3, -0.25) is 9.69 Å². The van der Waals surface area contributed by atoms with Crippen molar-refractivity contribution in [3.63, 3.8) is 0 Å². The molecule has 0 heterocycles. The Labute approximate surface area is 95.5 Å². The van der Waals surface area contributed by atoms with E-state index in [1.807, 2.05) is 35.2 Å². The number of nitrogens with zero attached hydrogens (tertiary/aromatic N) is 1. The van der Waals surface area contributed by atoms with Gasteiger partial charge in [-0.15, -0.1) is 0 Å². The Morgan fingerprint density at radius 3 is 2.62 bits per heavy atom. The third kappa shape index (κ3) is 4.42. The fourth-order valence-corrected chi connectivity index (χ4v) is 1.44. The SMILES string of the molecule is COC(=O)CN(CCO)Cc1ccccc1. The molecule has 4 heteroatoms. The first kappa shape index (κ1) is 12.7. The lowest BCUT2D eigenvalue weighted by Gasteiger charge is -2.19. The Balaban J connectivity index is 2.54. The molecule has 0 unspecified atom stereocenters. The smallest absolute Gasteiger partial charge is 0.319 e. The second-order valence-electron chi connectivity index (χ2n) is 3.50. The number of ether oxygens (including phenoxy) is 1. The minimum atomic E-state index is -0.288. The van der Waals surface area contributed by atoms with Crippen LogP contribution in [-0.2, 0) is 16.1 Å². The average Bonchev–Trinajstić information content (AvgIpc) is 2.30. The molecule has 0 saturated carbocycles. The maximum absolute atomic E-state index is 11.1. The number of esters is 1. The van der Waals surface area contributed by atoms with Crippen molar-refractivity contribution in [2.75, 3.05) is 26.8 Å². The van der Waals surface area contributed by atoms with Crippen LogP contribution in [0.1, 0.15) is 5.56 Å². The van der Waals surface area contributed by atoms with Crippen LogP contribution in [0.2, 0.25) is 0 Å². The first-order valence-corrected chi connectivity index (χ1v) is 5.20. The number of carbonyl (C=O) groups excluding carboxylic acids is 1. The summed E-state index contributed by atoms with van der Waals surface area (Å²) in [5.41, 5.74) is 1.11. The summed E-state index contributed by atoms with van der Waals surface area (Å²) in [6.45, 7) is 1.33. The summed E-state index contributed by atoms with van der Waals surface area (Å²) in [6.07, 6.45) is 0. The quantitative estimate of drug-likeness (QED) is 0.720. The highest BCUT2D eigenvalue weighted by atomic mass is 16.5. The van der Waals surface area contributed by atoms with Crippen molar-refractivity contribution in [1.29, 1.82) is 0 Å². The monoisotopic (exact) mass is 223 g/mol. The van der Waals surface area contributed by atoms with Gasteiger partial charge in [-0.25, -0.2) is 0 Å². The van der Waals surface area contributed by atoms with Crippen molar-refractivity contribution in [2.45, 2.75) is 6.54 Å². The topological polar surface area (TPSA) is 49.8 Å². The molecule has 16 heavy (non-hydrogen) atoms. The van der Waals surface area contributed by atoms with Gasteiger partial charge in [-0.2, -0.15) is 0 Å². The molecule has 1 N–H and O–H groups in total. The Morgan fingerprint density at radius 2 is 2.06 bits per heavy atom. The molecule has 0 aromatic heterocycles. The maximum Gasteiger partial charge on any atom is 0.319 e. The molecule has 0 aliphatic carbocycles. The van der Waals surface area contributed by atoms with Gasteiger partial charge in [0, 0.05) is 13.1 Å². The normalized spacial score (nSPS) is 10.4. The third-order valence-corrected chi connectivity index (χ3v) is 2.25. The van der Waals surface area contributed by atoms with Crippen molar-refractivity contribution < 1.29 is 14.6 Å². The predicted octanol–water partition coefficient (Wildman–Crippen LogP) is 0.654. The number of carbonyl (C=O) groups is 1. The average molecular weight is 223 g/mol. The van der Waals surface area contributed by atoms with E-state index in [4.69, 9.17) is 5.11 Å². The molecular weight excluding hydrogens is 206 g/mol. The zero-order chi connectivity index (χ0) is 11.8. The first-order chi connectivity index (χ1) is 7.76. The van der Waals surface area contributed by atoms with Crippen LogP contribution in [-0.4, -0.2) is 42.8 Å². The summed E-state index contributed by atoms with van der Waals surface area (Å²) in [5, 5.41) is 8.91. The van der Waals surface area contributed by atoms with Gasteiger partial charge in [0.25, 0.3) is 0 Å². The van der Waals surface area contributed by atoms with E-state index in [0.29, 0.717) is 13.1 Å². The number of hydrogen-bond acceptors (Lipinski definition) is 4. The van der Waals surface area contributed by atoms with Gasteiger partial charge < -0.3 is 9.84 Å². The number of methoxy groups -OCH3 is 1. The molecule has 0 saturated heterocycles. The number of rotatable bonds is 6. The molecule has 1 rings (SSSR count). The van der Waals surface area contributed by atoms with E-state index in [2.05, 4.69) is 4.74 Å². The van der Waals surface area contributed by atoms with Crippen LogP contribution in [0.5, 0.6) is 0 Å². The summed E-state index contributed by atoms with van der Waals surface area (Å²) >= 11 is 0. The van der Waals surface area contributed by atoms with Gasteiger partial charge in [-0.1, -0.05) is 30.3 Å². The van der Waals surface area contributed by atoms with Gasteiger partial charge in [0.05, 0.1) is 20.3 Å². The van der Waals surface area contributed by atoms with Crippen LogP contribution < -0.4 is 0 Å². The maximum atomic E-state index is 11.1. The molecule has 0 atom stereocenters. The summed E-state index contributed by atoms with van der Waals surface area (Å²) in [4.78, 5) is 13.0. The van der Waals surface area contributed by atoms with Crippen molar-refractivity contribution in [1.82, 2.24) is 4.90 Å². The Morgan fingerprint density at radius 1 is 1.38 bits per heavy atom. The van der Waals surface area contributed by atoms with E-state index in [1.165, 1.54) is 7.11 Å². The molecule has 4 nitrogen and oxygen atoms in total. The van der Waals surface area contributed by atoms with E-state index >= 15 is 0 Å². The standard InChI is InChI=1S/C12H17NO3/c1-16-12(15)10-13(7-8-14)9-11-5-3-2-4-6-11/h2-6,14H,7-10H2,1H3. The molecule has 0 aliphatic rings. The summed E-state index contributed by atoms with van der Waals surface area (Å²) < 4.78 is 4.60. The number of aliphatic hydroxyl groups excluding tert-OH is 1. The van der Waals surface area contributed by atoms with Gasteiger partial charge in [0.1, 0.15) is 0 Å². The molecule has 0 fully saturated rings. The number of aliphatic hydroxyl groups is 1. The lowest BCUT2D eigenvalue weighted by Crippen LogP contribution is -2.32. The zero-order valence-electron chi connectivity index (χ0n) is 9.43. The van der Waals surface area contributed by atoms with E-state index < -0.39 is 0 Å². The highest BCUT2D eigenvalue weighted by molar-refractivity contribution is 5.71. The summed E-state index contributed by atoms with van der Waals surface area (Å²) in [7, 11) is 1.36. The van der Waals surface area contributed by atoms with Crippen LogP contribution in [0.15, 0.2) is 30.3 Å². The molecule has 0 bridgehead atoms. The molecular formula is C12H17NO3. The Hall–Kier alpha value is -1.39. The van der Waals surface area contributed by atoms with Crippen molar-refractivity contribution in [3.05, 3.63) is 35.9 Å². The molecule has 0 radical (unpaired) electrons. The summed E-state index contributed by atoms with van der Waals surface area (Å²) in [6, 6.07) is 9.82. The predicted molar refractivity (Wildman–Crippen MR) is 60.8 cm³/mol. The van der Waals surface area contributed by atoms with Gasteiger partial charge in [-0.05, 0) is 5.56 Å². The van der Waals surface area contributed by atoms with Crippen LogP contribution >= 0.6 is 0 Å². The Kier molecular flexibility index (Phi) is 5.53. The largest absolute Gasteiger partial charge is 0.468 e. The van der Waals surface area contributed by atoms with Gasteiger partial charge in [0.2, 0.25) is 0 Å². The second kappa shape index (κ2) is 6.98. The Bertz CT molecular complexity index is 313.